The van der Waals surface area contributed by atoms with E-state index in [1.165, 1.54) is 64.5 Å². The summed E-state index contributed by atoms with van der Waals surface area (Å²) >= 11 is 3.92. The molecule has 114 heavy (non-hydrogen) atoms. The molecule has 0 saturated heterocycles. The minimum Gasteiger partial charge on any atom is -0.508 e. The van der Waals surface area contributed by atoms with Crippen molar-refractivity contribution in [3.63, 3.8) is 0 Å². The Morgan fingerprint density at radius 1 is 0.456 bits per heavy atom. The number of H-pyrrole nitrogens is 1. The van der Waals surface area contributed by atoms with Gasteiger partial charge in [-0.1, -0.05) is 53.7 Å². The number of nitrogens with two attached hydrogens (primary N) is 4. The topological polar surface area (TPSA) is 718 Å². The summed E-state index contributed by atoms with van der Waals surface area (Å²) in [5, 5.41) is 90.0. The zero-order valence-electron chi connectivity index (χ0n) is 64.4. The minimum absolute atomic E-state index is 0.0613. The number of aliphatic hydroxyl groups is 1. The standard InChI is InChI=1S/C70H111N19O24S/c1-33(2)24-40(73)58(100)79-43(18-20-52(94)95)61(103)82-44(19-21-53(96)97)62(104)81-42(13-9-11-23-72)60(102)80-41(12-8-10-22-71)59(101)76-30-51(93)78-47(27-50(74)92)64(106)83-45(25-37-14-16-39(91)17-15-37)66(108)87-55(34(3)4)67(109)88-56(35(5)6)68(110)89-57(36(7)90)69(111)85-48(28-54(98)99)65(107)84-46(26-38-29-75-32-77-38)63(105)86-49(31-114)70(112)113/h14-17,29,32-36,40-49,55-57,90-91,114H,8-13,18-28,30-31,71-73H2,1-7H3,(H2,74,92)(H,75,77)(H,76,101)(H,78,93)(H,79,100)(H,80,102)(H,81,104)(H,82,103)(H,83,106)(H,84,107)(H,85,111)(H,86,105)(H,87,108)(H,88,109)(H,89,110)(H,94,95)(H,96,97)(H,98,99)(H,112,113)/t36-,40+,41+,42+,43+,44+,45+,46+,47+,48+,49+,55+,56+,57+/m1/s1. The number of aromatic nitrogens is 2. The van der Waals surface area contributed by atoms with Crippen LogP contribution in [0.2, 0.25) is 0 Å². The second-order valence-corrected chi connectivity index (χ2v) is 28.5. The number of hydrogen-bond acceptors (Lipinski definition) is 25. The van der Waals surface area contributed by atoms with Gasteiger partial charge >= 0.3 is 23.9 Å². The van der Waals surface area contributed by atoms with Crippen LogP contribution in [0.25, 0.3) is 0 Å². The zero-order valence-corrected chi connectivity index (χ0v) is 65.3. The van der Waals surface area contributed by atoms with Crippen LogP contribution in [0.4, 0.5) is 0 Å². The number of carbonyl (C=O) groups is 18. The quantitative estimate of drug-likeness (QED) is 0.0216. The Morgan fingerprint density at radius 3 is 1.27 bits per heavy atom. The smallest absolute Gasteiger partial charge is 0.327 e. The molecule has 1 heterocycles. The number of benzene rings is 1. The summed E-state index contributed by atoms with van der Waals surface area (Å²) in [7, 11) is 0. The Morgan fingerprint density at radius 2 is 0.851 bits per heavy atom. The molecule has 2 aromatic rings. The van der Waals surface area contributed by atoms with Crippen molar-refractivity contribution in [2.45, 2.75) is 229 Å². The van der Waals surface area contributed by atoms with Crippen molar-refractivity contribution in [3.05, 3.63) is 48.0 Å². The van der Waals surface area contributed by atoms with Crippen molar-refractivity contribution in [3.8, 4) is 5.75 Å². The van der Waals surface area contributed by atoms with Crippen LogP contribution < -0.4 is 92.1 Å². The number of carboxylic acid groups (broad SMARTS) is 4. The Kier molecular flexibility index (Phi) is 44.1. The van der Waals surface area contributed by atoms with E-state index in [-0.39, 0.29) is 80.3 Å². The first-order valence-electron chi connectivity index (χ1n) is 36.8. The number of hydrogen-bond donors (Lipinski definition) is 25. The molecule has 0 saturated carbocycles. The lowest BCUT2D eigenvalue weighted by molar-refractivity contribution is -0.143. The van der Waals surface area contributed by atoms with E-state index in [1.807, 2.05) is 0 Å². The molecule has 43 nitrogen and oxygen atoms in total. The normalized spacial score (nSPS) is 14.9. The molecule has 0 aliphatic carbocycles. The van der Waals surface area contributed by atoms with E-state index in [4.69, 9.17) is 22.9 Å². The Labute approximate surface area is 662 Å². The summed E-state index contributed by atoms with van der Waals surface area (Å²) in [6.07, 6.45) is -3.64. The van der Waals surface area contributed by atoms with Gasteiger partial charge in [0.25, 0.3) is 0 Å². The van der Waals surface area contributed by atoms with Gasteiger partial charge in [-0.15, -0.1) is 0 Å². The van der Waals surface area contributed by atoms with E-state index < -0.39 is 255 Å². The number of phenolic OH excluding ortho intramolecular Hbond substituents is 1. The lowest BCUT2D eigenvalue weighted by Crippen LogP contribution is -2.63. The van der Waals surface area contributed by atoms with Gasteiger partial charge in [0.15, 0.2) is 0 Å². The largest absolute Gasteiger partial charge is 0.508 e. The summed E-state index contributed by atoms with van der Waals surface area (Å²) in [6, 6.07) is -16.2. The maximum absolute atomic E-state index is 14.6. The SMILES string of the molecule is CC(C)C[C@H](N)C(=O)N[C@@H](CCC(=O)O)C(=O)N[C@@H](CCC(=O)O)C(=O)N[C@@H](CCCCN)C(=O)N[C@@H](CCCCN)C(=O)NCC(=O)N[C@@H](CC(N)=O)C(=O)N[C@@H](Cc1ccc(O)cc1)C(=O)N[C@H](C(=O)N[C@H](C(=O)N[C@H](C(=O)N[C@@H](CC(=O)O)C(=O)N[C@@H](Cc1cnc[nH]1)C(=O)N[C@@H](CS)C(=O)O)[C@@H](C)O)C(C)C)C(C)C. The van der Waals surface area contributed by atoms with Gasteiger partial charge < -0.3 is 128 Å². The Hall–Kier alpha value is -11.1. The highest BCUT2D eigenvalue weighted by Crippen LogP contribution is 2.16. The number of aliphatic hydroxyl groups excluding tert-OH is 1. The molecule has 14 atom stereocenters. The lowest BCUT2D eigenvalue weighted by atomic mass is 9.98. The predicted molar refractivity (Wildman–Crippen MR) is 406 cm³/mol. The average molecular weight is 1630 g/mol. The third-order valence-electron chi connectivity index (χ3n) is 17.2. The van der Waals surface area contributed by atoms with Gasteiger partial charge in [0, 0.05) is 43.3 Å². The number of thiol groups is 1. The number of nitrogens with one attached hydrogen (secondary N) is 14. The molecule has 0 bridgehead atoms. The fourth-order valence-corrected chi connectivity index (χ4v) is 11.3. The number of phenols is 1. The lowest BCUT2D eigenvalue weighted by Gasteiger charge is -2.30. The molecule has 1 aromatic carbocycles. The Bertz CT molecular complexity index is 3610. The van der Waals surface area contributed by atoms with E-state index >= 15 is 0 Å². The average Bonchev–Trinajstić information content (AvgIpc) is 1.71. The maximum atomic E-state index is 14.6. The van der Waals surface area contributed by atoms with E-state index in [2.05, 4.69) is 91.7 Å². The monoisotopic (exact) mass is 1630 g/mol. The first-order valence-corrected chi connectivity index (χ1v) is 37.4. The van der Waals surface area contributed by atoms with Gasteiger partial charge in [0.05, 0.1) is 37.9 Å². The molecule has 28 N–H and O–H groups in total. The van der Waals surface area contributed by atoms with E-state index in [1.54, 1.807) is 13.8 Å². The number of nitrogens with zero attached hydrogens (tertiary/aromatic N) is 1. The number of imidazole rings is 1. The van der Waals surface area contributed by atoms with Crippen molar-refractivity contribution in [2.24, 2.45) is 40.7 Å². The molecule has 44 heteroatoms. The number of aliphatic carboxylic acids is 4. The van der Waals surface area contributed by atoms with Gasteiger partial charge in [-0.05, 0) is 113 Å². The number of carboxylic acids is 4. The van der Waals surface area contributed by atoms with Crippen LogP contribution in [0.15, 0.2) is 36.8 Å². The van der Waals surface area contributed by atoms with Crippen LogP contribution in [0.1, 0.15) is 143 Å². The molecule has 0 spiro atoms. The number of aromatic amines is 1. The van der Waals surface area contributed by atoms with Gasteiger partial charge in [-0.3, -0.25) is 81.5 Å². The number of carbonyl (C=O) groups excluding carboxylic acids is 14. The highest BCUT2D eigenvalue weighted by atomic mass is 32.1. The number of primary amides is 1. The molecular weight excluding hydrogens is 1520 g/mol. The van der Waals surface area contributed by atoms with Crippen LogP contribution in [0, 0.1) is 17.8 Å². The number of unbranched alkanes of at least 4 members (excludes halogenated alkanes) is 2. The molecule has 1 aromatic heterocycles. The molecular formula is C70H111N19O24S. The van der Waals surface area contributed by atoms with Crippen LogP contribution in [-0.2, 0) is 99.1 Å². The molecule has 14 amide bonds. The molecule has 0 radical (unpaired) electrons. The van der Waals surface area contributed by atoms with Crippen LogP contribution in [0.5, 0.6) is 5.75 Å². The first kappa shape index (κ1) is 99.0. The van der Waals surface area contributed by atoms with E-state index in [9.17, 15) is 117 Å². The van der Waals surface area contributed by atoms with Gasteiger partial charge in [-0.25, -0.2) is 9.78 Å². The third kappa shape index (κ3) is 37.0. The summed E-state index contributed by atoms with van der Waals surface area (Å²) in [5.41, 5.74) is 23.5. The van der Waals surface area contributed by atoms with Crippen molar-refractivity contribution < 1.29 is 117 Å². The first-order chi connectivity index (χ1) is 53.5. The highest BCUT2D eigenvalue weighted by Gasteiger charge is 2.40. The van der Waals surface area contributed by atoms with Gasteiger partial charge in [0.1, 0.15) is 78.3 Å². The summed E-state index contributed by atoms with van der Waals surface area (Å²) in [5.74, 6) is -23.7. The fraction of sp³-hybridized carbons (Fsp3) is 0.614. The second-order valence-electron chi connectivity index (χ2n) is 28.1. The Balaban J connectivity index is 2.46. The molecule has 0 fully saturated rings. The maximum Gasteiger partial charge on any atom is 0.327 e. The highest BCUT2D eigenvalue weighted by molar-refractivity contribution is 7.80. The van der Waals surface area contributed by atoms with Gasteiger partial charge in [-0.2, -0.15) is 12.6 Å². The number of rotatable bonds is 55. The second kappa shape index (κ2) is 50.8. The van der Waals surface area contributed by atoms with Crippen molar-refractivity contribution in [1.29, 1.82) is 0 Å². The van der Waals surface area contributed by atoms with Crippen LogP contribution in [0.3, 0.4) is 0 Å². The van der Waals surface area contributed by atoms with E-state index in [0.717, 1.165) is 6.92 Å². The summed E-state index contributed by atoms with van der Waals surface area (Å²) in [6.45, 7) is 9.78. The molecule has 2 rings (SSSR count). The third-order valence-corrected chi connectivity index (χ3v) is 17.6. The molecule has 0 aliphatic rings. The number of aromatic hydroxyl groups is 1. The molecule has 0 unspecified atom stereocenters. The van der Waals surface area contributed by atoms with Crippen LogP contribution in [-0.4, -0.2) is 257 Å². The molecule has 636 valence electrons. The predicted octanol–water partition coefficient (Wildman–Crippen LogP) is -6.75. The summed E-state index contributed by atoms with van der Waals surface area (Å²) < 4.78 is 0. The van der Waals surface area contributed by atoms with Crippen molar-refractivity contribution >= 4 is 119 Å². The van der Waals surface area contributed by atoms with Crippen molar-refractivity contribution in [1.82, 2.24) is 79.1 Å². The zero-order chi connectivity index (χ0) is 86.2. The van der Waals surface area contributed by atoms with Crippen molar-refractivity contribution in [2.75, 3.05) is 25.4 Å². The van der Waals surface area contributed by atoms with E-state index in [0.29, 0.717) is 12.8 Å². The number of amides is 14. The van der Waals surface area contributed by atoms with Crippen LogP contribution >= 0.6 is 12.6 Å². The summed E-state index contributed by atoms with van der Waals surface area (Å²) in [4.78, 5) is 248. The van der Waals surface area contributed by atoms with Gasteiger partial charge in [0.2, 0.25) is 82.7 Å². The fourth-order valence-electron chi connectivity index (χ4n) is 11.0. The minimum atomic E-state index is -2.02. The molecule has 0 aliphatic heterocycles.